The Kier molecular flexibility index (Phi) is 12.4. The number of imidazole rings is 2. The molecular formula is C31H46N10O6. The Balaban J connectivity index is 0.000000259. The third-order valence-electron chi connectivity index (χ3n) is 7.57. The molecule has 1 aromatic carbocycles. The van der Waals surface area contributed by atoms with E-state index in [0.29, 0.717) is 48.4 Å². The summed E-state index contributed by atoms with van der Waals surface area (Å²) in [7, 11) is 6.14. The van der Waals surface area contributed by atoms with E-state index in [1.54, 1.807) is 27.9 Å². The molecule has 0 fully saturated rings. The van der Waals surface area contributed by atoms with Crippen LogP contribution in [-0.2, 0) is 41.2 Å². The summed E-state index contributed by atoms with van der Waals surface area (Å²) in [5, 5.41) is 17.5. The maximum Gasteiger partial charge on any atom is 0.332 e. The summed E-state index contributed by atoms with van der Waals surface area (Å²) in [6.45, 7) is 8.33. The van der Waals surface area contributed by atoms with Gasteiger partial charge < -0.3 is 25.5 Å². The number of fused-ring (bicyclic) bond motifs is 2. The molecule has 4 aromatic heterocycles. The number of nitrogens with zero attached hydrogens (tertiary/aromatic N) is 8. The molecule has 5 aromatic rings. The molecule has 0 radical (unpaired) electrons. The van der Waals surface area contributed by atoms with Crippen LogP contribution in [-0.4, -0.2) is 91.3 Å². The van der Waals surface area contributed by atoms with Gasteiger partial charge in [0.05, 0.1) is 19.5 Å². The van der Waals surface area contributed by atoms with Crippen LogP contribution in [0, 0.1) is 0 Å². The van der Waals surface area contributed by atoms with Crippen LogP contribution >= 0.6 is 0 Å². The summed E-state index contributed by atoms with van der Waals surface area (Å²) in [5.41, 5.74) is 6.10. The lowest BCUT2D eigenvalue weighted by Crippen LogP contribution is -2.38. The number of nitrogens with one attached hydrogen (secondary N) is 1. The number of H-pyrrole nitrogens is 1. The van der Waals surface area contributed by atoms with Gasteiger partial charge in [0.1, 0.15) is 11.3 Å². The lowest BCUT2D eigenvalue weighted by molar-refractivity contribution is 0.197. The van der Waals surface area contributed by atoms with Gasteiger partial charge in [-0.25, -0.2) is 19.6 Å². The molecule has 0 spiro atoms. The Labute approximate surface area is 271 Å². The zero-order chi connectivity index (χ0) is 35.1. The van der Waals surface area contributed by atoms with E-state index in [2.05, 4.69) is 19.9 Å². The lowest BCUT2D eigenvalue weighted by Gasteiger charge is -2.20. The fourth-order valence-electron chi connectivity index (χ4n) is 4.73. The Hall–Kier alpha value is -4.64. The van der Waals surface area contributed by atoms with Crippen LogP contribution in [0.2, 0.25) is 0 Å². The monoisotopic (exact) mass is 654 g/mol. The van der Waals surface area contributed by atoms with Crippen LogP contribution in [0.3, 0.4) is 0 Å². The van der Waals surface area contributed by atoms with Gasteiger partial charge in [0.15, 0.2) is 16.8 Å². The highest BCUT2D eigenvalue weighted by molar-refractivity contribution is 5.71. The van der Waals surface area contributed by atoms with Crippen molar-refractivity contribution in [1.29, 1.82) is 0 Å². The summed E-state index contributed by atoms with van der Waals surface area (Å²) in [6, 6.07) is 9.93. The highest BCUT2D eigenvalue weighted by Gasteiger charge is 2.20. The smallest absolute Gasteiger partial charge is 0.332 e. The van der Waals surface area contributed by atoms with E-state index in [9.17, 15) is 24.3 Å². The number of likely N-dealkylation sites (N-methyl/N-ethyl adjacent to an activating group) is 1. The van der Waals surface area contributed by atoms with Crippen molar-refractivity contribution in [3.05, 3.63) is 89.7 Å². The first-order chi connectivity index (χ1) is 22.2. The molecule has 47 heavy (non-hydrogen) atoms. The number of aliphatic hydroxyl groups is 2. The van der Waals surface area contributed by atoms with Gasteiger partial charge in [-0.15, -0.1) is 0 Å². The van der Waals surface area contributed by atoms with E-state index >= 15 is 0 Å². The number of nitrogens with two attached hydrogens (primary N) is 1. The average molecular weight is 655 g/mol. The number of hydrogen-bond acceptors (Lipinski definition) is 10. The van der Waals surface area contributed by atoms with Crippen molar-refractivity contribution >= 4 is 22.3 Å². The maximum absolute atomic E-state index is 12.9. The average Bonchev–Trinajstić information content (AvgIpc) is 3.69. The van der Waals surface area contributed by atoms with Gasteiger partial charge in [-0.1, -0.05) is 37.3 Å². The van der Waals surface area contributed by atoms with E-state index in [4.69, 9.17) is 10.8 Å². The molecule has 0 aliphatic carbocycles. The lowest BCUT2D eigenvalue weighted by atomic mass is 10.1. The van der Waals surface area contributed by atoms with Gasteiger partial charge in [0.25, 0.3) is 11.1 Å². The van der Waals surface area contributed by atoms with Crippen molar-refractivity contribution in [3.8, 4) is 0 Å². The molecule has 0 amide bonds. The number of aromatic amines is 1. The molecule has 4 heterocycles. The Morgan fingerprint density at radius 2 is 1.45 bits per heavy atom. The Bertz CT molecular complexity index is 2030. The molecule has 5 N–H and O–H groups in total. The minimum absolute atomic E-state index is 0.0486. The summed E-state index contributed by atoms with van der Waals surface area (Å²) >= 11 is 0. The fourth-order valence-corrected chi connectivity index (χ4v) is 4.73. The van der Waals surface area contributed by atoms with Crippen LogP contribution < -0.4 is 28.2 Å². The van der Waals surface area contributed by atoms with Gasteiger partial charge in [-0.2, -0.15) is 0 Å². The van der Waals surface area contributed by atoms with Crippen LogP contribution in [0.25, 0.3) is 22.3 Å². The second-order valence-electron chi connectivity index (χ2n) is 11.8. The van der Waals surface area contributed by atoms with Gasteiger partial charge in [0, 0.05) is 59.8 Å². The van der Waals surface area contributed by atoms with Crippen molar-refractivity contribution in [2.24, 2.45) is 33.9 Å². The number of aromatic nitrogens is 8. The highest BCUT2D eigenvalue weighted by Crippen LogP contribution is 2.15. The van der Waals surface area contributed by atoms with Gasteiger partial charge >= 0.3 is 11.4 Å². The molecule has 0 bridgehead atoms. The molecule has 16 heteroatoms. The second kappa shape index (κ2) is 15.8. The maximum atomic E-state index is 12.9. The molecule has 0 saturated carbocycles. The van der Waals surface area contributed by atoms with Crippen molar-refractivity contribution in [1.82, 2.24) is 42.7 Å². The first-order valence-electron chi connectivity index (χ1n) is 15.2. The van der Waals surface area contributed by atoms with E-state index in [-0.39, 0.29) is 35.7 Å². The predicted molar refractivity (Wildman–Crippen MR) is 181 cm³/mol. The van der Waals surface area contributed by atoms with E-state index in [1.807, 2.05) is 41.8 Å². The third-order valence-corrected chi connectivity index (χ3v) is 7.57. The van der Waals surface area contributed by atoms with Gasteiger partial charge in [-0.05, 0) is 26.0 Å². The zero-order valence-corrected chi connectivity index (χ0v) is 28.1. The van der Waals surface area contributed by atoms with Crippen LogP contribution in [0.4, 0.5) is 0 Å². The predicted octanol–water partition coefficient (Wildman–Crippen LogP) is -0.985. The summed E-state index contributed by atoms with van der Waals surface area (Å²) in [5.74, 6) is 0.750. The molecule has 0 aliphatic heterocycles. The number of aryl methyl sites for hydroxylation is 2. The number of aliphatic hydroxyl groups excluding tert-OH is 2. The normalized spacial score (nSPS) is 11.5. The van der Waals surface area contributed by atoms with Crippen molar-refractivity contribution in [2.45, 2.75) is 39.3 Å². The summed E-state index contributed by atoms with van der Waals surface area (Å²) in [6.07, 6.45) is 1.96. The molecule has 256 valence electrons. The number of rotatable bonds is 9. The quantitative estimate of drug-likeness (QED) is 0.153. The first kappa shape index (κ1) is 36.8. The highest BCUT2D eigenvalue weighted by atomic mass is 16.3. The zero-order valence-electron chi connectivity index (χ0n) is 28.1. The molecule has 0 saturated heterocycles. The van der Waals surface area contributed by atoms with Crippen molar-refractivity contribution in [3.63, 3.8) is 0 Å². The second-order valence-corrected chi connectivity index (χ2v) is 11.8. The minimum atomic E-state index is -0.403. The van der Waals surface area contributed by atoms with Crippen molar-refractivity contribution in [2.75, 3.05) is 32.8 Å². The standard InChI is InChI=1S/C20H27N5O3.C7H8N4O2.C4H11NO/c1-4-24(12-13-26)10-11-25-16(14-15-8-6-5-7-9-15)21-18-17(25)19(27)23(3)20(28)22(18)2;1-10-5-4(8-3-9-5)6(12)11(2)7(10)13;1-4(2,5)3-6/h5-9,26H,4,10-14H2,1-3H3;3H,1-2H3,(H,8,9);6H,3,5H2,1-2H3. The Morgan fingerprint density at radius 3 is 2.00 bits per heavy atom. The minimum Gasteiger partial charge on any atom is -0.395 e. The largest absolute Gasteiger partial charge is 0.395 e. The number of hydrogen-bond donors (Lipinski definition) is 4. The van der Waals surface area contributed by atoms with Gasteiger partial charge in [0.2, 0.25) is 0 Å². The van der Waals surface area contributed by atoms with Crippen LogP contribution in [0.5, 0.6) is 0 Å². The Morgan fingerprint density at radius 1 is 0.872 bits per heavy atom. The van der Waals surface area contributed by atoms with E-state index in [1.165, 1.54) is 29.6 Å². The van der Waals surface area contributed by atoms with Gasteiger partial charge in [-0.3, -0.25) is 32.8 Å². The summed E-state index contributed by atoms with van der Waals surface area (Å²) < 4.78 is 6.84. The molecule has 0 atom stereocenters. The summed E-state index contributed by atoms with van der Waals surface area (Å²) in [4.78, 5) is 61.3. The molecular weight excluding hydrogens is 608 g/mol. The molecule has 0 aliphatic rings. The van der Waals surface area contributed by atoms with E-state index < -0.39 is 5.54 Å². The number of benzene rings is 1. The SMILES string of the molecule is CC(C)(N)CO.CCN(CCO)CCn1c(Cc2ccccc2)nc2c1c(=O)n(C)c(=O)n2C.Cn1c(=O)c2[nH]cnc2n(C)c1=O. The third kappa shape index (κ3) is 8.59. The molecule has 5 rings (SSSR count). The first-order valence-corrected chi connectivity index (χ1v) is 15.2. The van der Waals surface area contributed by atoms with Crippen LogP contribution in [0.1, 0.15) is 32.2 Å². The molecule has 16 nitrogen and oxygen atoms in total. The molecule has 0 unspecified atom stereocenters. The van der Waals surface area contributed by atoms with Crippen molar-refractivity contribution < 1.29 is 10.2 Å². The van der Waals surface area contributed by atoms with Crippen LogP contribution in [0.15, 0.2) is 55.8 Å². The fraction of sp³-hybridized carbons (Fsp3) is 0.484. The topological polar surface area (TPSA) is 204 Å². The van der Waals surface area contributed by atoms with E-state index in [0.717, 1.165) is 27.1 Å².